The number of carbonyl (C=O) groups excluding carboxylic acids is 2. The number of ketones is 1. The third kappa shape index (κ3) is 3.63. The quantitative estimate of drug-likeness (QED) is 0.813. The van der Waals surface area contributed by atoms with E-state index in [1.807, 2.05) is 6.92 Å². The van der Waals surface area contributed by atoms with Crippen LogP contribution >= 0.6 is 0 Å². The lowest BCUT2D eigenvalue weighted by molar-refractivity contribution is -0.120. The molecule has 0 atom stereocenters. The van der Waals surface area contributed by atoms with Gasteiger partial charge in [-0.1, -0.05) is 20.8 Å². The standard InChI is InChI=1S/C22H31N5O2/c1-5-8-26-14(2)15(21-16(26)11-22(3,4)12-17(21)28)10-20(29)23-13-19-25-24-18-7-6-9-27(18)19/h5-13H2,1-4H3,(H,23,29). The molecule has 3 heterocycles. The van der Waals surface area contributed by atoms with Gasteiger partial charge in [0.2, 0.25) is 5.91 Å². The highest BCUT2D eigenvalue weighted by Gasteiger charge is 2.36. The van der Waals surface area contributed by atoms with Gasteiger partial charge in [-0.05, 0) is 37.2 Å². The predicted octanol–water partition coefficient (Wildman–Crippen LogP) is 2.76. The third-order valence-electron chi connectivity index (χ3n) is 6.24. The van der Waals surface area contributed by atoms with Crippen molar-refractivity contribution in [2.45, 2.75) is 85.9 Å². The predicted molar refractivity (Wildman–Crippen MR) is 110 cm³/mol. The number of Topliss-reactive ketones (excluding diaryl/α,β-unsaturated/α-hetero) is 1. The van der Waals surface area contributed by atoms with Crippen molar-refractivity contribution in [3.8, 4) is 0 Å². The second-order valence-corrected chi connectivity index (χ2v) is 9.22. The molecular formula is C22H31N5O2. The first-order chi connectivity index (χ1) is 13.8. The molecule has 0 bridgehead atoms. The summed E-state index contributed by atoms with van der Waals surface area (Å²) in [5.41, 5.74) is 3.84. The van der Waals surface area contributed by atoms with E-state index in [0.717, 1.165) is 72.9 Å². The van der Waals surface area contributed by atoms with Crippen molar-refractivity contribution in [3.63, 3.8) is 0 Å². The van der Waals surface area contributed by atoms with Gasteiger partial charge >= 0.3 is 0 Å². The number of rotatable bonds is 6. The van der Waals surface area contributed by atoms with Gasteiger partial charge in [0.05, 0.1) is 13.0 Å². The van der Waals surface area contributed by atoms with Crippen LogP contribution in [0.5, 0.6) is 0 Å². The Morgan fingerprint density at radius 3 is 2.79 bits per heavy atom. The smallest absolute Gasteiger partial charge is 0.224 e. The summed E-state index contributed by atoms with van der Waals surface area (Å²) in [5, 5.41) is 11.4. The minimum atomic E-state index is -0.0717. The summed E-state index contributed by atoms with van der Waals surface area (Å²) in [7, 11) is 0. The molecule has 4 rings (SSSR count). The van der Waals surface area contributed by atoms with E-state index in [1.54, 1.807) is 0 Å². The number of amides is 1. The molecule has 2 aliphatic rings. The second kappa shape index (κ2) is 7.43. The molecule has 1 N–H and O–H groups in total. The number of hydrogen-bond acceptors (Lipinski definition) is 4. The van der Waals surface area contributed by atoms with Crippen LogP contribution in [0.2, 0.25) is 0 Å². The van der Waals surface area contributed by atoms with Crippen LogP contribution in [0.25, 0.3) is 0 Å². The van der Waals surface area contributed by atoms with Crippen LogP contribution in [-0.4, -0.2) is 31.0 Å². The number of carbonyl (C=O) groups is 2. The van der Waals surface area contributed by atoms with Gasteiger partial charge in [0.1, 0.15) is 5.82 Å². The summed E-state index contributed by atoms with van der Waals surface area (Å²) >= 11 is 0. The zero-order valence-corrected chi connectivity index (χ0v) is 18.0. The number of aromatic nitrogens is 4. The molecule has 1 amide bonds. The summed E-state index contributed by atoms with van der Waals surface area (Å²) < 4.78 is 4.36. The number of hydrogen-bond donors (Lipinski definition) is 1. The van der Waals surface area contributed by atoms with Gasteiger partial charge in [0.15, 0.2) is 11.6 Å². The van der Waals surface area contributed by atoms with E-state index in [2.05, 4.69) is 45.4 Å². The second-order valence-electron chi connectivity index (χ2n) is 9.22. The van der Waals surface area contributed by atoms with Crippen LogP contribution in [0.4, 0.5) is 0 Å². The van der Waals surface area contributed by atoms with Crippen molar-refractivity contribution in [2.24, 2.45) is 5.41 Å². The summed E-state index contributed by atoms with van der Waals surface area (Å²) in [6.07, 6.45) is 4.69. The van der Waals surface area contributed by atoms with Gasteiger partial charge in [0, 0.05) is 42.9 Å². The SMILES string of the molecule is CCCn1c(C)c(CC(=O)NCc2nnc3n2CCC3)c2c1CC(C)(C)CC2=O. The van der Waals surface area contributed by atoms with Crippen LogP contribution in [0, 0.1) is 12.3 Å². The molecule has 0 saturated carbocycles. The summed E-state index contributed by atoms with van der Waals surface area (Å²) in [6.45, 7) is 10.7. The summed E-state index contributed by atoms with van der Waals surface area (Å²) in [6, 6.07) is 0. The molecule has 1 aliphatic heterocycles. The Morgan fingerprint density at radius 2 is 2.03 bits per heavy atom. The van der Waals surface area contributed by atoms with E-state index in [1.165, 1.54) is 0 Å². The van der Waals surface area contributed by atoms with E-state index < -0.39 is 0 Å². The summed E-state index contributed by atoms with van der Waals surface area (Å²) in [5.74, 6) is 1.92. The van der Waals surface area contributed by atoms with Crippen molar-refractivity contribution in [3.05, 3.63) is 34.2 Å². The van der Waals surface area contributed by atoms with Crippen LogP contribution < -0.4 is 5.32 Å². The topological polar surface area (TPSA) is 81.8 Å². The fourth-order valence-corrected chi connectivity index (χ4v) is 4.89. The molecule has 0 radical (unpaired) electrons. The van der Waals surface area contributed by atoms with Crippen molar-refractivity contribution >= 4 is 11.7 Å². The Hall–Kier alpha value is -2.44. The van der Waals surface area contributed by atoms with Crippen molar-refractivity contribution in [2.75, 3.05) is 0 Å². The van der Waals surface area contributed by atoms with Crippen LogP contribution in [0.3, 0.4) is 0 Å². The van der Waals surface area contributed by atoms with Gasteiger partial charge in [-0.25, -0.2) is 0 Å². The lowest BCUT2D eigenvalue weighted by atomic mass is 9.75. The first-order valence-corrected chi connectivity index (χ1v) is 10.7. The molecule has 0 saturated heterocycles. The first-order valence-electron chi connectivity index (χ1n) is 10.7. The fourth-order valence-electron chi connectivity index (χ4n) is 4.89. The molecular weight excluding hydrogens is 366 g/mol. The largest absolute Gasteiger partial charge is 0.349 e. The zero-order chi connectivity index (χ0) is 20.8. The molecule has 0 unspecified atom stereocenters. The van der Waals surface area contributed by atoms with E-state index in [0.29, 0.717) is 13.0 Å². The fraction of sp³-hybridized carbons (Fsp3) is 0.636. The minimum Gasteiger partial charge on any atom is -0.349 e. The molecule has 29 heavy (non-hydrogen) atoms. The highest BCUT2D eigenvalue weighted by atomic mass is 16.1. The number of nitrogens with one attached hydrogen (secondary N) is 1. The zero-order valence-electron chi connectivity index (χ0n) is 18.0. The lowest BCUT2D eigenvalue weighted by Crippen LogP contribution is -2.30. The van der Waals surface area contributed by atoms with Gasteiger partial charge in [0.25, 0.3) is 0 Å². The normalized spacial score (nSPS) is 17.3. The molecule has 0 fully saturated rings. The van der Waals surface area contributed by atoms with Crippen LogP contribution in [-0.2, 0) is 43.7 Å². The molecule has 2 aromatic heterocycles. The maximum absolute atomic E-state index is 13.0. The monoisotopic (exact) mass is 397 g/mol. The summed E-state index contributed by atoms with van der Waals surface area (Å²) in [4.78, 5) is 25.7. The first kappa shape index (κ1) is 19.9. The molecule has 156 valence electrons. The molecule has 7 nitrogen and oxygen atoms in total. The minimum absolute atomic E-state index is 0.0338. The van der Waals surface area contributed by atoms with Gasteiger partial charge in [-0.3, -0.25) is 9.59 Å². The van der Waals surface area contributed by atoms with Gasteiger partial charge in [-0.2, -0.15) is 0 Å². The van der Waals surface area contributed by atoms with Gasteiger partial charge < -0.3 is 14.5 Å². The molecule has 7 heteroatoms. The average molecular weight is 398 g/mol. The number of aryl methyl sites for hydroxylation is 1. The Bertz CT molecular complexity index is 966. The number of nitrogens with zero attached hydrogens (tertiary/aromatic N) is 4. The Morgan fingerprint density at radius 1 is 1.24 bits per heavy atom. The van der Waals surface area contributed by atoms with Crippen molar-refractivity contribution in [1.82, 2.24) is 24.6 Å². The maximum atomic E-state index is 13.0. The van der Waals surface area contributed by atoms with Crippen LogP contribution in [0.15, 0.2) is 0 Å². The average Bonchev–Trinajstić information content (AvgIpc) is 3.30. The maximum Gasteiger partial charge on any atom is 0.224 e. The molecule has 0 spiro atoms. The van der Waals surface area contributed by atoms with Crippen LogP contribution in [0.1, 0.15) is 79.0 Å². The molecule has 1 aliphatic carbocycles. The van der Waals surface area contributed by atoms with E-state index in [4.69, 9.17) is 0 Å². The van der Waals surface area contributed by atoms with Crippen molar-refractivity contribution in [1.29, 1.82) is 0 Å². The highest BCUT2D eigenvalue weighted by Crippen LogP contribution is 2.39. The third-order valence-corrected chi connectivity index (χ3v) is 6.24. The van der Waals surface area contributed by atoms with E-state index in [-0.39, 0.29) is 23.5 Å². The Kier molecular flexibility index (Phi) is 5.09. The highest BCUT2D eigenvalue weighted by molar-refractivity contribution is 6.01. The van der Waals surface area contributed by atoms with Gasteiger partial charge in [-0.15, -0.1) is 10.2 Å². The van der Waals surface area contributed by atoms with E-state index >= 15 is 0 Å². The lowest BCUT2D eigenvalue weighted by Gasteiger charge is -2.30. The molecule has 0 aromatic carbocycles. The molecule has 2 aromatic rings. The number of fused-ring (bicyclic) bond motifs is 2. The Labute approximate surface area is 171 Å². The van der Waals surface area contributed by atoms with Crippen molar-refractivity contribution < 1.29 is 9.59 Å². The Balaban J connectivity index is 1.55. The van der Waals surface area contributed by atoms with E-state index in [9.17, 15) is 9.59 Å².